The monoisotopic (exact) mass is 313 g/mol. The van der Waals surface area contributed by atoms with Crippen molar-refractivity contribution in [3.8, 4) is 11.4 Å². The van der Waals surface area contributed by atoms with Crippen LogP contribution in [-0.4, -0.2) is 15.2 Å². The zero-order valence-electron chi connectivity index (χ0n) is 12.1. The van der Waals surface area contributed by atoms with Gasteiger partial charge in [0.2, 0.25) is 0 Å². The number of hydrogen-bond acceptors (Lipinski definition) is 4. The molecule has 0 radical (unpaired) electrons. The van der Waals surface area contributed by atoms with E-state index < -0.39 is 0 Å². The molecule has 2 aromatic carbocycles. The maximum atomic E-state index is 4.89. The fraction of sp³-hybridized carbons (Fsp3) is 0. The summed E-state index contributed by atoms with van der Waals surface area (Å²) < 4.78 is 2.46. The zero-order chi connectivity index (χ0) is 15.2. The first-order valence-electron chi connectivity index (χ1n) is 7.39. The number of aromatic nitrogens is 3. The van der Waals surface area contributed by atoms with Gasteiger partial charge in [-0.1, -0.05) is 42.5 Å². The molecule has 0 saturated carbocycles. The number of nitrogens with zero attached hydrogens (tertiary/aromatic N) is 3. The van der Waals surface area contributed by atoms with Crippen LogP contribution in [0.2, 0.25) is 0 Å². The van der Waals surface area contributed by atoms with E-state index in [9.17, 15) is 0 Å². The summed E-state index contributed by atoms with van der Waals surface area (Å²) in [4.78, 5) is 4.89. The second kappa shape index (κ2) is 4.83. The summed E-state index contributed by atoms with van der Waals surface area (Å²) >= 11 is 1.77. The van der Waals surface area contributed by atoms with E-state index in [1.807, 2.05) is 24.3 Å². The lowest BCUT2D eigenvalue weighted by atomic mass is 10.1. The smallest absolute Gasteiger partial charge is 0.119 e. The first-order chi connectivity index (χ1) is 11.4. The van der Waals surface area contributed by atoms with Crippen LogP contribution in [0.5, 0.6) is 0 Å². The Kier molecular flexibility index (Phi) is 2.66. The lowest BCUT2D eigenvalue weighted by Gasteiger charge is -2.04. The lowest BCUT2D eigenvalue weighted by molar-refractivity contribution is 1.05. The van der Waals surface area contributed by atoms with Crippen molar-refractivity contribution in [1.82, 2.24) is 15.2 Å². The molecule has 3 aromatic heterocycles. The SMILES string of the molecule is c1ccc2c(-c3ccc4sc5ccccc5c4n3)nncc2c1. The molecule has 0 fully saturated rings. The molecule has 0 saturated heterocycles. The fourth-order valence-electron chi connectivity index (χ4n) is 2.94. The van der Waals surface area contributed by atoms with Gasteiger partial charge in [0.05, 0.1) is 22.1 Å². The Morgan fingerprint density at radius 2 is 1.57 bits per heavy atom. The third-order valence-electron chi connectivity index (χ3n) is 4.03. The first-order valence-corrected chi connectivity index (χ1v) is 8.21. The number of hydrogen-bond donors (Lipinski definition) is 0. The highest BCUT2D eigenvalue weighted by Crippen LogP contribution is 2.34. The molecule has 0 unspecified atom stereocenters. The number of rotatable bonds is 1. The summed E-state index contributed by atoms with van der Waals surface area (Å²) in [7, 11) is 0. The minimum atomic E-state index is 0.834. The molecule has 5 aromatic rings. The third-order valence-corrected chi connectivity index (χ3v) is 5.16. The Hall–Kier alpha value is -2.85. The van der Waals surface area contributed by atoms with Crippen LogP contribution in [-0.2, 0) is 0 Å². The van der Waals surface area contributed by atoms with Crippen LogP contribution >= 0.6 is 11.3 Å². The van der Waals surface area contributed by atoms with E-state index in [1.165, 1.54) is 14.8 Å². The normalized spacial score (nSPS) is 11.5. The van der Waals surface area contributed by atoms with Crippen molar-refractivity contribution in [2.45, 2.75) is 0 Å². The van der Waals surface area contributed by atoms with Crippen molar-refractivity contribution in [3.63, 3.8) is 0 Å². The maximum Gasteiger partial charge on any atom is 0.119 e. The second-order valence-electron chi connectivity index (χ2n) is 5.42. The third kappa shape index (κ3) is 1.92. The molecule has 3 nitrogen and oxygen atoms in total. The average molecular weight is 313 g/mol. The van der Waals surface area contributed by atoms with Gasteiger partial charge in [-0.3, -0.25) is 0 Å². The topological polar surface area (TPSA) is 38.7 Å². The summed E-state index contributed by atoms with van der Waals surface area (Å²) in [5.74, 6) is 0. The first kappa shape index (κ1) is 12.7. The summed E-state index contributed by atoms with van der Waals surface area (Å²) in [6.07, 6.45) is 1.79. The van der Waals surface area contributed by atoms with Crippen molar-refractivity contribution >= 4 is 42.4 Å². The van der Waals surface area contributed by atoms with E-state index in [0.29, 0.717) is 0 Å². The number of fused-ring (bicyclic) bond motifs is 4. The van der Waals surface area contributed by atoms with Gasteiger partial charge >= 0.3 is 0 Å². The van der Waals surface area contributed by atoms with Crippen LogP contribution in [0.1, 0.15) is 0 Å². The van der Waals surface area contributed by atoms with Crippen molar-refractivity contribution in [1.29, 1.82) is 0 Å². The molecule has 0 bridgehead atoms. The summed E-state index contributed by atoms with van der Waals surface area (Å²) in [6.45, 7) is 0. The quantitative estimate of drug-likeness (QED) is 0.434. The molecule has 23 heavy (non-hydrogen) atoms. The van der Waals surface area contributed by atoms with Crippen molar-refractivity contribution in [3.05, 3.63) is 66.9 Å². The molecule has 0 atom stereocenters. The van der Waals surface area contributed by atoms with E-state index in [0.717, 1.165) is 27.7 Å². The van der Waals surface area contributed by atoms with Crippen molar-refractivity contribution in [2.24, 2.45) is 0 Å². The van der Waals surface area contributed by atoms with Crippen LogP contribution in [0.3, 0.4) is 0 Å². The predicted octanol–water partition coefficient (Wildman–Crippen LogP) is 5.06. The highest BCUT2D eigenvalue weighted by molar-refractivity contribution is 7.25. The summed E-state index contributed by atoms with van der Waals surface area (Å²) in [5, 5.41) is 11.8. The van der Waals surface area contributed by atoms with Gasteiger partial charge < -0.3 is 0 Å². The lowest BCUT2D eigenvalue weighted by Crippen LogP contribution is -1.91. The Labute approximate surface area is 136 Å². The Bertz CT molecular complexity index is 1170. The van der Waals surface area contributed by atoms with E-state index in [-0.39, 0.29) is 0 Å². The van der Waals surface area contributed by atoms with Crippen molar-refractivity contribution < 1.29 is 0 Å². The van der Waals surface area contributed by atoms with Gasteiger partial charge in [-0.2, -0.15) is 5.10 Å². The van der Waals surface area contributed by atoms with E-state index in [2.05, 4.69) is 46.6 Å². The van der Waals surface area contributed by atoms with Gasteiger partial charge in [-0.25, -0.2) is 4.98 Å². The summed E-state index contributed by atoms with van der Waals surface area (Å²) in [5.41, 5.74) is 2.74. The Balaban J connectivity index is 1.84. The van der Waals surface area contributed by atoms with Crippen molar-refractivity contribution in [2.75, 3.05) is 0 Å². The Morgan fingerprint density at radius 3 is 2.52 bits per heavy atom. The largest absolute Gasteiger partial charge is 0.245 e. The van der Waals surface area contributed by atoms with E-state index in [1.54, 1.807) is 17.5 Å². The fourth-order valence-corrected chi connectivity index (χ4v) is 3.99. The molecule has 108 valence electrons. The van der Waals surface area contributed by atoms with E-state index in [4.69, 9.17) is 4.98 Å². The highest BCUT2D eigenvalue weighted by atomic mass is 32.1. The zero-order valence-corrected chi connectivity index (χ0v) is 12.9. The standard InChI is InChI=1S/C19H11N3S/c1-2-6-13-12(5-1)11-20-22-18(13)15-9-10-17-19(21-15)14-7-3-4-8-16(14)23-17/h1-11H. The van der Waals surface area contributed by atoms with Crippen LogP contribution in [0, 0.1) is 0 Å². The molecule has 0 aliphatic carbocycles. The van der Waals surface area contributed by atoms with Crippen LogP contribution < -0.4 is 0 Å². The summed E-state index contributed by atoms with van der Waals surface area (Å²) in [6, 6.07) is 20.7. The van der Waals surface area contributed by atoms with Gasteiger partial charge in [0, 0.05) is 20.9 Å². The molecule has 0 aliphatic heterocycles. The number of benzene rings is 2. The number of pyridine rings is 1. The van der Waals surface area contributed by atoms with Gasteiger partial charge in [0.25, 0.3) is 0 Å². The van der Waals surface area contributed by atoms with Crippen LogP contribution in [0.4, 0.5) is 0 Å². The Morgan fingerprint density at radius 1 is 0.739 bits per heavy atom. The minimum Gasteiger partial charge on any atom is -0.245 e. The minimum absolute atomic E-state index is 0.834. The van der Waals surface area contributed by atoms with Crippen LogP contribution in [0.25, 0.3) is 42.5 Å². The molecule has 3 heterocycles. The molecular weight excluding hydrogens is 302 g/mol. The molecular formula is C19H11N3S. The number of thiophene rings is 1. The van der Waals surface area contributed by atoms with Gasteiger partial charge in [0.1, 0.15) is 5.69 Å². The molecule has 0 N–H and O–H groups in total. The van der Waals surface area contributed by atoms with Gasteiger partial charge in [0.15, 0.2) is 0 Å². The van der Waals surface area contributed by atoms with Crippen LogP contribution in [0.15, 0.2) is 66.9 Å². The average Bonchev–Trinajstić information content (AvgIpc) is 2.99. The van der Waals surface area contributed by atoms with Gasteiger partial charge in [-0.05, 0) is 18.2 Å². The van der Waals surface area contributed by atoms with E-state index >= 15 is 0 Å². The molecule has 0 spiro atoms. The maximum absolute atomic E-state index is 4.89. The highest BCUT2D eigenvalue weighted by Gasteiger charge is 2.11. The molecule has 4 heteroatoms. The molecule has 0 amide bonds. The molecule has 5 rings (SSSR count). The van der Waals surface area contributed by atoms with Gasteiger partial charge in [-0.15, -0.1) is 16.4 Å². The second-order valence-corrected chi connectivity index (χ2v) is 6.51. The molecule has 0 aliphatic rings. The predicted molar refractivity (Wildman–Crippen MR) is 95.7 cm³/mol.